The van der Waals surface area contributed by atoms with Crippen LogP contribution in [-0.4, -0.2) is 71.9 Å². The smallest absolute Gasteiger partial charge is 0.410 e. The molecule has 0 N–H and O–H groups in total. The summed E-state index contributed by atoms with van der Waals surface area (Å²) in [6.07, 6.45) is -0.249. The lowest BCUT2D eigenvalue weighted by Crippen LogP contribution is -2.60. The molecule has 0 aromatic heterocycles. The number of rotatable bonds is 3. The van der Waals surface area contributed by atoms with E-state index in [0.29, 0.717) is 19.7 Å². The van der Waals surface area contributed by atoms with E-state index in [0.717, 1.165) is 23.7 Å². The number of amides is 1. The van der Waals surface area contributed by atoms with Crippen LogP contribution < -0.4 is 5.30 Å². The zero-order chi connectivity index (χ0) is 26.0. The third-order valence-electron chi connectivity index (χ3n) is 6.43. The molecule has 2 bridgehead atoms. The van der Waals surface area contributed by atoms with Gasteiger partial charge in [0.25, 0.3) is 0 Å². The Morgan fingerprint density at radius 1 is 1.08 bits per heavy atom. The zero-order valence-corrected chi connectivity index (χ0v) is 24.2. The highest BCUT2D eigenvalue weighted by molar-refractivity contribution is 7.99. The molecule has 36 heavy (non-hydrogen) atoms. The van der Waals surface area contributed by atoms with Gasteiger partial charge in [-0.3, -0.25) is 9.89 Å². The van der Waals surface area contributed by atoms with Gasteiger partial charge in [-0.1, -0.05) is 36.4 Å². The number of carbonyl (C=O) groups excluding carboxylic acids is 1. The van der Waals surface area contributed by atoms with Gasteiger partial charge >= 0.3 is 6.09 Å². The second-order valence-corrected chi connectivity index (χ2v) is 12.3. The Morgan fingerprint density at radius 3 is 2.33 bits per heavy atom. The molecule has 0 radical (unpaired) electrons. The molecule has 0 spiro atoms. The Balaban J connectivity index is 1.68. The summed E-state index contributed by atoms with van der Waals surface area (Å²) in [7, 11) is 4.50. The van der Waals surface area contributed by atoms with Crippen molar-refractivity contribution >= 4 is 38.2 Å². The second kappa shape index (κ2) is 11.1. The van der Waals surface area contributed by atoms with Crippen molar-refractivity contribution in [1.82, 2.24) is 9.80 Å². The summed E-state index contributed by atoms with van der Waals surface area (Å²) in [5.74, 6) is 1.90. The average molecular weight is 528 g/mol. The molecule has 2 aromatic carbocycles. The number of hydrogen-bond acceptors (Lipinski definition) is 6. The molecule has 194 valence electrons. The number of nitrogens with zero attached hydrogens (tertiary/aromatic N) is 3. The van der Waals surface area contributed by atoms with Crippen LogP contribution in [0.5, 0.6) is 0 Å². The first kappa shape index (κ1) is 27.0. The molecule has 2 aromatic rings. The molecule has 0 saturated carbocycles. The summed E-state index contributed by atoms with van der Waals surface area (Å²) in [4.78, 5) is 23.5. The van der Waals surface area contributed by atoms with Crippen LogP contribution >= 0.6 is 21.0 Å². The van der Waals surface area contributed by atoms with Gasteiger partial charge in [-0.2, -0.15) is 0 Å². The van der Waals surface area contributed by atoms with E-state index in [2.05, 4.69) is 64.4 Å². The maximum absolute atomic E-state index is 12.9. The van der Waals surface area contributed by atoms with E-state index >= 15 is 0 Å². The van der Waals surface area contributed by atoms with Crippen molar-refractivity contribution in [1.29, 1.82) is 0 Å². The summed E-state index contributed by atoms with van der Waals surface area (Å²) < 4.78 is 11.4. The van der Waals surface area contributed by atoms with Crippen molar-refractivity contribution in [3.05, 3.63) is 47.5 Å². The highest BCUT2D eigenvalue weighted by atomic mass is 32.2. The van der Waals surface area contributed by atoms with Crippen LogP contribution in [0.2, 0.25) is 0 Å². The first-order chi connectivity index (χ1) is 17.1. The summed E-state index contributed by atoms with van der Waals surface area (Å²) in [6, 6.07) is 13.0. The first-order valence-electron chi connectivity index (χ1n) is 12.5. The van der Waals surface area contributed by atoms with E-state index in [-0.39, 0.29) is 18.2 Å². The van der Waals surface area contributed by atoms with Crippen molar-refractivity contribution in [3.8, 4) is 11.1 Å². The van der Waals surface area contributed by atoms with Gasteiger partial charge in [0, 0.05) is 42.0 Å². The van der Waals surface area contributed by atoms with Crippen molar-refractivity contribution < 1.29 is 14.3 Å². The van der Waals surface area contributed by atoms with E-state index in [1.54, 1.807) is 7.11 Å². The van der Waals surface area contributed by atoms with Gasteiger partial charge in [0.1, 0.15) is 11.4 Å². The minimum Gasteiger partial charge on any atom is -0.444 e. The summed E-state index contributed by atoms with van der Waals surface area (Å²) >= 11 is 1.86. The topological polar surface area (TPSA) is 54.4 Å². The maximum Gasteiger partial charge on any atom is 0.410 e. The molecule has 6 nitrogen and oxygen atoms in total. The van der Waals surface area contributed by atoms with Gasteiger partial charge < -0.3 is 14.4 Å². The van der Waals surface area contributed by atoms with Crippen LogP contribution in [-0.2, 0) is 16.1 Å². The normalized spacial score (nSPS) is 20.5. The Labute approximate surface area is 222 Å². The highest BCUT2D eigenvalue weighted by Crippen LogP contribution is 2.38. The predicted octanol–water partition coefficient (Wildman–Crippen LogP) is 5.18. The highest BCUT2D eigenvalue weighted by Gasteiger charge is 2.37. The molecule has 0 aliphatic carbocycles. The van der Waals surface area contributed by atoms with Gasteiger partial charge in [-0.05, 0) is 51.1 Å². The van der Waals surface area contributed by atoms with E-state index in [1.165, 1.54) is 26.9 Å². The number of hydrogen-bond donors (Lipinski definition) is 0. The van der Waals surface area contributed by atoms with Crippen LogP contribution in [0.3, 0.4) is 0 Å². The molecule has 1 fully saturated rings. The molecule has 3 unspecified atom stereocenters. The molecule has 4 rings (SSSR count). The fourth-order valence-corrected chi connectivity index (χ4v) is 6.27. The van der Waals surface area contributed by atoms with Crippen molar-refractivity contribution in [3.63, 3.8) is 0 Å². The van der Waals surface area contributed by atoms with Crippen LogP contribution in [0.15, 0.2) is 46.3 Å². The van der Waals surface area contributed by atoms with Crippen LogP contribution in [0.25, 0.3) is 11.1 Å². The second-order valence-electron chi connectivity index (χ2n) is 10.6. The Bertz CT molecular complexity index is 1120. The van der Waals surface area contributed by atoms with E-state index in [4.69, 9.17) is 14.5 Å². The standard InChI is InChI=1S/C28H38N3O3PS/c1-18-15-30(16-19(2)31(18)27(32)34-28(3,4)5)26-23-12-11-22(20-7-9-21(35)10-8-20)25(24(23)17-33-6)36-14-13-29-26/h7-12,18-19H,13-17,35H2,1-6H3. The van der Waals surface area contributed by atoms with Crippen LogP contribution in [0.1, 0.15) is 45.7 Å². The number of piperazine rings is 1. The summed E-state index contributed by atoms with van der Waals surface area (Å²) in [5, 5.41) is 1.17. The van der Waals surface area contributed by atoms with Gasteiger partial charge in [-0.15, -0.1) is 21.0 Å². The maximum atomic E-state index is 12.9. The third-order valence-corrected chi connectivity index (χ3v) is 7.96. The molecule has 8 heteroatoms. The fraction of sp³-hybridized carbons (Fsp3) is 0.500. The number of ether oxygens (including phenoxy) is 2. The minimum atomic E-state index is -0.515. The largest absolute Gasteiger partial charge is 0.444 e. The number of carbonyl (C=O) groups is 1. The van der Waals surface area contributed by atoms with Gasteiger partial charge in [0.05, 0.1) is 25.2 Å². The van der Waals surface area contributed by atoms with Gasteiger partial charge in [0.2, 0.25) is 0 Å². The molecule has 3 atom stereocenters. The number of amidine groups is 1. The Kier molecular flexibility index (Phi) is 8.33. The van der Waals surface area contributed by atoms with Crippen LogP contribution in [0.4, 0.5) is 4.79 Å². The molecule has 2 heterocycles. The number of methoxy groups -OCH3 is 1. The Hall–Kier alpha value is -2.08. The molecular weight excluding hydrogens is 489 g/mol. The average Bonchev–Trinajstić information content (AvgIpc) is 2.78. The molecule has 1 saturated heterocycles. The van der Waals surface area contributed by atoms with Crippen molar-refractivity contribution in [2.75, 3.05) is 32.5 Å². The minimum absolute atomic E-state index is 0.00108. The van der Waals surface area contributed by atoms with Crippen molar-refractivity contribution in [2.24, 2.45) is 4.99 Å². The summed E-state index contributed by atoms with van der Waals surface area (Å²) in [6.45, 7) is 12.6. The molecule has 2 aliphatic rings. The van der Waals surface area contributed by atoms with E-state index < -0.39 is 5.60 Å². The molecule has 1 amide bonds. The van der Waals surface area contributed by atoms with Crippen LogP contribution in [0, 0.1) is 0 Å². The third kappa shape index (κ3) is 5.90. The van der Waals surface area contributed by atoms with E-state index in [1.807, 2.05) is 37.4 Å². The Morgan fingerprint density at radius 2 is 1.72 bits per heavy atom. The first-order valence-corrected chi connectivity index (χ1v) is 14.1. The van der Waals surface area contributed by atoms with Gasteiger partial charge in [0.15, 0.2) is 0 Å². The number of aliphatic imine (C=N–C) groups is 1. The number of thioether (sulfide) groups is 1. The number of fused-ring (bicyclic) bond motifs is 2. The fourth-order valence-electron chi connectivity index (χ4n) is 5.00. The molecular formula is C28H38N3O3PS. The van der Waals surface area contributed by atoms with Gasteiger partial charge in [-0.25, -0.2) is 4.79 Å². The quantitative estimate of drug-likeness (QED) is 0.515. The predicted molar refractivity (Wildman–Crippen MR) is 153 cm³/mol. The lowest BCUT2D eigenvalue weighted by Gasteiger charge is -2.45. The monoisotopic (exact) mass is 527 g/mol. The summed E-state index contributed by atoms with van der Waals surface area (Å²) in [5.41, 5.74) is 4.23. The van der Waals surface area contributed by atoms with Crippen molar-refractivity contribution in [2.45, 2.75) is 63.8 Å². The lowest BCUT2D eigenvalue weighted by molar-refractivity contribution is -0.00623. The zero-order valence-electron chi connectivity index (χ0n) is 22.2. The SMILES string of the molecule is COCc1c2ccc(-c3ccc(P)cc3)c1SCCN=C2N1CC(C)N(C(=O)OC(C)(C)C)C(C)C1. The van der Waals surface area contributed by atoms with E-state index in [9.17, 15) is 4.79 Å². The molecule has 2 aliphatic heterocycles. The number of benzene rings is 2. The lowest BCUT2D eigenvalue weighted by atomic mass is 9.97.